The number of rotatable bonds is 6. The minimum Gasteiger partial charge on any atom is -0.481 e. The molecule has 1 atom stereocenters. The minimum atomic E-state index is -4.54. The molecule has 0 aliphatic rings. The summed E-state index contributed by atoms with van der Waals surface area (Å²) >= 11 is 5.95. The van der Waals surface area contributed by atoms with Crippen molar-refractivity contribution in [1.29, 1.82) is 0 Å². The van der Waals surface area contributed by atoms with E-state index in [4.69, 9.17) is 16.3 Å². The normalized spacial score (nSPS) is 12.3. The lowest BCUT2D eigenvalue weighted by atomic mass is 10.1. The molecule has 0 saturated heterocycles. The molecule has 0 aliphatic heterocycles. The molecule has 1 unspecified atom stereocenters. The van der Waals surface area contributed by atoms with E-state index in [1.165, 1.54) is 0 Å². The zero-order valence-electron chi connectivity index (χ0n) is 16.0. The molecule has 30 heavy (non-hydrogen) atoms. The van der Waals surface area contributed by atoms with Crippen LogP contribution in [-0.4, -0.2) is 12.0 Å². The van der Waals surface area contributed by atoms with E-state index >= 15 is 0 Å². The van der Waals surface area contributed by atoms with Crippen molar-refractivity contribution in [2.24, 2.45) is 0 Å². The second kappa shape index (κ2) is 9.22. The van der Waals surface area contributed by atoms with E-state index < -0.39 is 23.8 Å². The number of benzene rings is 3. The molecule has 7 heteroatoms. The molecule has 0 radical (unpaired) electrons. The molecule has 1 N–H and O–H groups in total. The molecular formula is C23H19ClF3NO2. The van der Waals surface area contributed by atoms with Gasteiger partial charge < -0.3 is 10.1 Å². The fraction of sp³-hybridized carbons (Fsp3) is 0.174. The van der Waals surface area contributed by atoms with Crippen LogP contribution in [0.1, 0.15) is 18.9 Å². The van der Waals surface area contributed by atoms with Crippen LogP contribution in [0.15, 0.2) is 72.8 Å². The highest BCUT2D eigenvalue weighted by molar-refractivity contribution is 6.33. The van der Waals surface area contributed by atoms with Gasteiger partial charge in [0.1, 0.15) is 5.75 Å². The Labute approximate surface area is 177 Å². The fourth-order valence-corrected chi connectivity index (χ4v) is 3.02. The molecule has 0 heterocycles. The molecule has 3 rings (SSSR count). The third kappa shape index (κ3) is 5.33. The first-order valence-corrected chi connectivity index (χ1v) is 9.65. The molecule has 0 aliphatic carbocycles. The first kappa shape index (κ1) is 21.7. The van der Waals surface area contributed by atoms with Crippen LogP contribution < -0.4 is 10.1 Å². The van der Waals surface area contributed by atoms with Gasteiger partial charge in [0.2, 0.25) is 0 Å². The standard InChI is InChI=1S/C23H19ClF3NO2/c1-2-21(22(29)28-20-14-17(23(25,26)27)10-13-19(20)24)30-18-11-8-16(9-12-18)15-6-4-3-5-7-15/h3-14,21H,2H2,1H3,(H,28,29). The number of hydrogen-bond donors (Lipinski definition) is 1. The largest absolute Gasteiger partial charge is 0.481 e. The van der Waals surface area contributed by atoms with Gasteiger partial charge in [0, 0.05) is 0 Å². The van der Waals surface area contributed by atoms with E-state index in [0.717, 1.165) is 29.3 Å². The highest BCUT2D eigenvalue weighted by Crippen LogP contribution is 2.34. The molecule has 0 spiro atoms. The van der Waals surface area contributed by atoms with E-state index in [-0.39, 0.29) is 10.7 Å². The zero-order valence-corrected chi connectivity index (χ0v) is 16.8. The van der Waals surface area contributed by atoms with Gasteiger partial charge in [-0.3, -0.25) is 4.79 Å². The van der Waals surface area contributed by atoms with Crippen molar-refractivity contribution in [2.45, 2.75) is 25.6 Å². The SMILES string of the molecule is CCC(Oc1ccc(-c2ccccc2)cc1)C(=O)Nc1cc(C(F)(F)F)ccc1Cl. The van der Waals surface area contributed by atoms with Crippen LogP contribution >= 0.6 is 11.6 Å². The summed E-state index contributed by atoms with van der Waals surface area (Å²) in [5.41, 5.74) is 1.04. The Morgan fingerprint density at radius 3 is 2.23 bits per heavy atom. The van der Waals surface area contributed by atoms with Crippen LogP contribution in [0.2, 0.25) is 5.02 Å². The quantitative estimate of drug-likeness (QED) is 0.463. The predicted octanol–water partition coefficient (Wildman–Crippen LogP) is 6.82. The van der Waals surface area contributed by atoms with Crippen molar-refractivity contribution in [1.82, 2.24) is 0 Å². The maximum absolute atomic E-state index is 12.9. The zero-order chi connectivity index (χ0) is 21.7. The summed E-state index contributed by atoms with van der Waals surface area (Å²) in [4.78, 5) is 12.6. The molecule has 156 valence electrons. The molecule has 0 saturated carbocycles. The number of halogens is 4. The first-order chi connectivity index (χ1) is 14.3. The van der Waals surface area contributed by atoms with Crippen molar-refractivity contribution >= 4 is 23.2 Å². The highest BCUT2D eigenvalue weighted by atomic mass is 35.5. The van der Waals surface area contributed by atoms with E-state index in [1.807, 2.05) is 42.5 Å². The predicted molar refractivity (Wildman–Crippen MR) is 112 cm³/mol. The second-order valence-corrected chi connectivity index (χ2v) is 6.99. The lowest BCUT2D eigenvalue weighted by Gasteiger charge is -2.18. The Bertz CT molecular complexity index is 1010. The summed E-state index contributed by atoms with van der Waals surface area (Å²) in [5, 5.41) is 2.45. The fourth-order valence-electron chi connectivity index (χ4n) is 2.85. The second-order valence-electron chi connectivity index (χ2n) is 6.59. The Balaban J connectivity index is 1.71. The third-order valence-electron chi connectivity index (χ3n) is 4.45. The topological polar surface area (TPSA) is 38.3 Å². The molecule has 0 fully saturated rings. The smallest absolute Gasteiger partial charge is 0.416 e. The average molecular weight is 434 g/mol. The van der Waals surface area contributed by atoms with Crippen molar-refractivity contribution in [3.05, 3.63) is 83.4 Å². The minimum absolute atomic E-state index is 0.0124. The Morgan fingerprint density at radius 2 is 1.63 bits per heavy atom. The molecule has 0 aromatic heterocycles. The van der Waals surface area contributed by atoms with Crippen LogP contribution in [0, 0.1) is 0 Å². The van der Waals surface area contributed by atoms with Crippen LogP contribution in [0.5, 0.6) is 5.75 Å². The molecule has 0 bridgehead atoms. The van der Waals surface area contributed by atoms with Crippen molar-refractivity contribution in [3.8, 4) is 16.9 Å². The number of anilines is 1. The van der Waals surface area contributed by atoms with Gasteiger partial charge in [-0.25, -0.2) is 0 Å². The average Bonchev–Trinajstić information content (AvgIpc) is 2.73. The lowest BCUT2D eigenvalue weighted by molar-refractivity contribution is -0.137. The van der Waals surface area contributed by atoms with Gasteiger partial charge in [0.05, 0.1) is 16.3 Å². The van der Waals surface area contributed by atoms with Crippen molar-refractivity contribution in [3.63, 3.8) is 0 Å². The van der Waals surface area contributed by atoms with Crippen LogP contribution in [-0.2, 0) is 11.0 Å². The van der Waals surface area contributed by atoms with Gasteiger partial charge in [-0.2, -0.15) is 13.2 Å². The van der Waals surface area contributed by atoms with E-state index in [0.29, 0.717) is 12.2 Å². The maximum Gasteiger partial charge on any atom is 0.416 e. The molecule has 3 aromatic carbocycles. The number of amides is 1. The summed E-state index contributed by atoms with van der Waals surface area (Å²) in [6.45, 7) is 1.75. The van der Waals surface area contributed by atoms with Crippen molar-refractivity contribution < 1.29 is 22.7 Å². The van der Waals surface area contributed by atoms with Gasteiger partial charge in [-0.1, -0.05) is 61.0 Å². The summed E-state index contributed by atoms with van der Waals surface area (Å²) in [5.74, 6) is -0.0994. The molecule has 3 nitrogen and oxygen atoms in total. The summed E-state index contributed by atoms with van der Waals surface area (Å²) < 4.78 is 44.5. The third-order valence-corrected chi connectivity index (χ3v) is 4.78. The number of alkyl halides is 3. The Kier molecular flexibility index (Phi) is 6.67. The molecular weight excluding hydrogens is 415 g/mol. The number of ether oxygens (including phenoxy) is 1. The lowest BCUT2D eigenvalue weighted by Crippen LogP contribution is -2.32. The summed E-state index contributed by atoms with van der Waals surface area (Å²) in [6.07, 6.45) is -5.10. The number of hydrogen-bond acceptors (Lipinski definition) is 2. The Morgan fingerprint density at radius 1 is 1.00 bits per heavy atom. The summed E-state index contributed by atoms with van der Waals surface area (Å²) in [7, 11) is 0. The number of carbonyl (C=O) groups excluding carboxylic acids is 1. The van der Waals surface area contributed by atoms with Gasteiger partial charge in [0.25, 0.3) is 5.91 Å². The first-order valence-electron chi connectivity index (χ1n) is 9.27. The van der Waals surface area contributed by atoms with Gasteiger partial charge in [-0.05, 0) is 47.9 Å². The van der Waals surface area contributed by atoms with Gasteiger partial charge in [0.15, 0.2) is 6.10 Å². The van der Waals surface area contributed by atoms with E-state index in [1.54, 1.807) is 19.1 Å². The highest BCUT2D eigenvalue weighted by Gasteiger charge is 2.31. The van der Waals surface area contributed by atoms with Crippen LogP contribution in [0.3, 0.4) is 0 Å². The van der Waals surface area contributed by atoms with Gasteiger partial charge >= 0.3 is 6.18 Å². The summed E-state index contributed by atoms with van der Waals surface area (Å²) in [6, 6.07) is 19.8. The maximum atomic E-state index is 12.9. The van der Waals surface area contributed by atoms with E-state index in [9.17, 15) is 18.0 Å². The number of nitrogens with one attached hydrogen (secondary N) is 1. The van der Waals surface area contributed by atoms with E-state index in [2.05, 4.69) is 5.32 Å². The number of carbonyl (C=O) groups is 1. The van der Waals surface area contributed by atoms with Gasteiger partial charge in [-0.15, -0.1) is 0 Å². The van der Waals surface area contributed by atoms with Crippen LogP contribution in [0.4, 0.5) is 18.9 Å². The van der Waals surface area contributed by atoms with Crippen molar-refractivity contribution in [2.75, 3.05) is 5.32 Å². The molecule has 3 aromatic rings. The molecule has 1 amide bonds. The monoisotopic (exact) mass is 433 g/mol. The van der Waals surface area contributed by atoms with Crippen LogP contribution in [0.25, 0.3) is 11.1 Å². The Hall–Kier alpha value is -2.99.